The number of aliphatic hydroxyl groups excluding tert-OH is 1. The van der Waals surface area contributed by atoms with Gasteiger partial charge < -0.3 is 9.84 Å². The molecule has 16 heavy (non-hydrogen) atoms. The number of nitrogens with zero attached hydrogens (tertiary/aromatic N) is 1. The summed E-state index contributed by atoms with van der Waals surface area (Å²) in [6.07, 6.45) is 8.16. The molecule has 1 N–H and O–H groups in total. The Morgan fingerprint density at radius 1 is 1.19 bits per heavy atom. The van der Waals surface area contributed by atoms with Crippen molar-refractivity contribution in [1.82, 2.24) is 4.90 Å². The zero-order valence-corrected chi connectivity index (χ0v) is 10.7. The second-order valence-electron chi connectivity index (χ2n) is 4.74. The minimum Gasteiger partial charge on any atom is -0.394 e. The Balaban J connectivity index is 1.95. The molecule has 0 bridgehead atoms. The summed E-state index contributed by atoms with van der Waals surface area (Å²) in [7, 11) is 0. The summed E-state index contributed by atoms with van der Waals surface area (Å²) >= 11 is 0. The minimum atomic E-state index is 0.0499. The number of rotatable bonds is 8. The Labute approximate surface area is 99.8 Å². The molecule has 0 aromatic heterocycles. The summed E-state index contributed by atoms with van der Waals surface area (Å²) in [5, 5.41) is 9.03. The van der Waals surface area contributed by atoms with Crippen LogP contribution in [0.1, 0.15) is 45.4 Å². The van der Waals surface area contributed by atoms with Crippen LogP contribution in [0.2, 0.25) is 0 Å². The van der Waals surface area contributed by atoms with E-state index in [9.17, 15) is 0 Å². The number of hydrogen-bond donors (Lipinski definition) is 1. The van der Waals surface area contributed by atoms with Gasteiger partial charge in [-0.25, -0.2) is 0 Å². The van der Waals surface area contributed by atoms with Crippen LogP contribution in [0.4, 0.5) is 0 Å². The van der Waals surface area contributed by atoms with Crippen molar-refractivity contribution in [3.8, 4) is 0 Å². The van der Waals surface area contributed by atoms with Gasteiger partial charge >= 0.3 is 0 Å². The molecule has 3 nitrogen and oxygen atoms in total. The molecule has 0 aromatic rings. The van der Waals surface area contributed by atoms with Crippen molar-refractivity contribution in [2.45, 2.75) is 51.6 Å². The third-order valence-electron chi connectivity index (χ3n) is 3.25. The van der Waals surface area contributed by atoms with E-state index >= 15 is 0 Å². The fourth-order valence-electron chi connectivity index (χ4n) is 2.21. The molecule has 1 saturated heterocycles. The Hall–Kier alpha value is -0.120. The highest BCUT2D eigenvalue weighted by Gasteiger charge is 2.18. The lowest BCUT2D eigenvalue weighted by molar-refractivity contribution is -0.0529. The molecule has 1 rings (SSSR count). The van der Waals surface area contributed by atoms with Gasteiger partial charge in [0.2, 0.25) is 0 Å². The molecule has 3 heteroatoms. The molecule has 0 radical (unpaired) electrons. The number of ether oxygens (including phenoxy) is 1. The number of hydrogen-bond acceptors (Lipinski definition) is 3. The van der Waals surface area contributed by atoms with E-state index in [1.165, 1.54) is 45.1 Å². The van der Waals surface area contributed by atoms with Crippen molar-refractivity contribution < 1.29 is 9.84 Å². The summed E-state index contributed by atoms with van der Waals surface area (Å²) in [6, 6.07) is 0. The lowest BCUT2D eigenvalue weighted by Crippen LogP contribution is -2.44. The van der Waals surface area contributed by atoms with Crippen LogP contribution >= 0.6 is 0 Å². The predicted octanol–water partition coefficient (Wildman–Crippen LogP) is 2.04. The highest BCUT2D eigenvalue weighted by Crippen LogP contribution is 2.09. The summed E-state index contributed by atoms with van der Waals surface area (Å²) in [6.45, 7) is 6.31. The van der Waals surface area contributed by atoms with Crippen LogP contribution in [-0.2, 0) is 4.74 Å². The standard InChI is InChI=1S/C13H27NO2/c1-2-3-4-5-6-7-8-14-9-10-16-13(11-14)12-15/h13,15H,2-12H2,1H3. The van der Waals surface area contributed by atoms with Gasteiger partial charge in [-0.2, -0.15) is 0 Å². The van der Waals surface area contributed by atoms with Gasteiger partial charge in [0.05, 0.1) is 19.3 Å². The zero-order valence-electron chi connectivity index (χ0n) is 10.7. The van der Waals surface area contributed by atoms with Gasteiger partial charge in [0.1, 0.15) is 0 Å². The summed E-state index contributed by atoms with van der Waals surface area (Å²) in [5.41, 5.74) is 0. The molecule has 1 aliphatic heterocycles. The van der Waals surface area contributed by atoms with Crippen molar-refractivity contribution in [2.75, 3.05) is 32.8 Å². The number of morpholine rings is 1. The molecule has 0 saturated carbocycles. The average Bonchev–Trinajstić information content (AvgIpc) is 2.34. The lowest BCUT2D eigenvalue weighted by Gasteiger charge is -2.31. The Morgan fingerprint density at radius 3 is 2.69 bits per heavy atom. The van der Waals surface area contributed by atoms with Crippen LogP contribution < -0.4 is 0 Å². The first-order valence-corrected chi connectivity index (χ1v) is 6.81. The Kier molecular flexibility index (Phi) is 7.81. The van der Waals surface area contributed by atoms with E-state index in [-0.39, 0.29) is 12.7 Å². The second-order valence-corrected chi connectivity index (χ2v) is 4.74. The molecule has 96 valence electrons. The van der Waals surface area contributed by atoms with E-state index in [0.29, 0.717) is 0 Å². The first kappa shape index (κ1) is 13.9. The highest BCUT2D eigenvalue weighted by atomic mass is 16.5. The van der Waals surface area contributed by atoms with Gasteiger partial charge in [0, 0.05) is 13.1 Å². The molecule has 1 atom stereocenters. The molecule has 1 fully saturated rings. The molecule has 1 aliphatic rings. The highest BCUT2D eigenvalue weighted by molar-refractivity contribution is 4.70. The van der Waals surface area contributed by atoms with Crippen molar-refractivity contribution in [3.05, 3.63) is 0 Å². The molecular formula is C13H27NO2. The summed E-state index contributed by atoms with van der Waals surface area (Å²) in [5.74, 6) is 0. The van der Waals surface area contributed by atoms with Crippen molar-refractivity contribution in [3.63, 3.8) is 0 Å². The van der Waals surface area contributed by atoms with E-state index in [0.717, 1.165) is 19.7 Å². The summed E-state index contributed by atoms with van der Waals surface area (Å²) in [4.78, 5) is 2.42. The maximum Gasteiger partial charge on any atom is 0.0932 e. The van der Waals surface area contributed by atoms with Gasteiger partial charge in [0.15, 0.2) is 0 Å². The Morgan fingerprint density at radius 2 is 1.94 bits per heavy atom. The fourth-order valence-corrected chi connectivity index (χ4v) is 2.21. The van der Waals surface area contributed by atoms with Crippen LogP contribution in [0, 0.1) is 0 Å². The minimum absolute atomic E-state index is 0.0499. The van der Waals surface area contributed by atoms with Crippen LogP contribution in [0.5, 0.6) is 0 Å². The van der Waals surface area contributed by atoms with Crippen molar-refractivity contribution >= 4 is 0 Å². The topological polar surface area (TPSA) is 32.7 Å². The first-order chi connectivity index (χ1) is 7.86. The van der Waals surface area contributed by atoms with E-state index in [1.807, 2.05) is 0 Å². The van der Waals surface area contributed by atoms with Gasteiger partial charge in [-0.3, -0.25) is 4.90 Å². The average molecular weight is 229 g/mol. The van der Waals surface area contributed by atoms with Crippen LogP contribution in [0.3, 0.4) is 0 Å². The number of unbranched alkanes of at least 4 members (excludes halogenated alkanes) is 5. The van der Waals surface area contributed by atoms with Gasteiger partial charge in [-0.05, 0) is 13.0 Å². The fraction of sp³-hybridized carbons (Fsp3) is 1.00. The quantitative estimate of drug-likeness (QED) is 0.647. The zero-order chi connectivity index (χ0) is 11.6. The molecule has 0 aromatic carbocycles. The van der Waals surface area contributed by atoms with Gasteiger partial charge in [0.25, 0.3) is 0 Å². The molecule has 0 aliphatic carbocycles. The van der Waals surface area contributed by atoms with E-state index < -0.39 is 0 Å². The van der Waals surface area contributed by atoms with E-state index in [2.05, 4.69) is 11.8 Å². The van der Waals surface area contributed by atoms with E-state index in [4.69, 9.17) is 9.84 Å². The maximum absolute atomic E-state index is 9.03. The number of aliphatic hydroxyl groups is 1. The first-order valence-electron chi connectivity index (χ1n) is 6.81. The second kappa shape index (κ2) is 8.97. The third-order valence-corrected chi connectivity index (χ3v) is 3.25. The third kappa shape index (κ3) is 5.83. The van der Waals surface area contributed by atoms with Crippen LogP contribution in [0.25, 0.3) is 0 Å². The van der Waals surface area contributed by atoms with Crippen LogP contribution in [-0.4, -0.2) is 49.0 Å². The maximum atomic E-state index is 9.03. The molecule has 0 spiro atoms. The van der Waals surface area contributed by atoms with E-state index in [1.54, 1.807) is 0 Å². The van der Waals surface area contributed by atoms with Crippen LogP contribution in [0.15, 0.2) is 0 Å². The molecule has 0 amide bonds. The normalized spacial score (nSPS) is 22.5. The predicted molar refractivity (Wildman–Crippen MR) is 66.6 cm³/mol. The molecular weight excluding hydrogens is 202 g/mol. The van der Waals surface area contributed by atoms with Crippen molar-refractivity contribution in [2.24, 2.45) is 0 Å². The Bertz CT molecular complexity index is 164. The summed E-state index contributed by atoms with van der Waals surface area (Å²) < 4.78 is 5.43. The smallest absolute Gasteiger partial charge is 0.0932 e. The van der Waals surface area contributed by atoms with Gasteiger partial charge in [-0.1, -0.05) is 39.0 Å². The molecule has 1 unspecified atom stereocenters. The largest absolute Gasteiger partial charge is 0.394 e. The SMILES string of the molecule is CCCCCCCCN1CCOC(CO)C1. The monoisotopic (exact) mass is 229 g/mol. The lowest BCUT2D eigenvalue weighted by atomic mass is 10.1. The van der Waals surface area contributed by atoms with Crippen molar-refractivity contribution in [1.29, 1.82) is 0 Å². The molecule has 1 heterocycles. The van der Waals surface area contributed by atoms with Gasteiger partial charge in [-0.15, -0.1) is 0 Å².